The third-order valence-corrected chi connectivity index (χ3v) is 6.71. The van der Waals surface area contributed by atoms with E-state index in [0.717, 1.165) is 10.7 Å². The van der Waals surface area contributed by atoms with Crippen LogP contribution in [0.15, 0.2) is 71.2 Å². The lowest BCUT2D eigenvalue weighted by atomic mass is 10.0. The molecule has 0 fully saturated rings. The Bertz CT molecular complexity index is 1240. The zero-order chi connectivity index (χ0) is 22.5. The molecule has 6 nitrogen and oxygen atoms in total. The van der Waals surface area contributed by atoms with E-state index in [0.29, 0.717) is 33.5 Å². The maximum Gasteiger partial charge on any atom is 0.234 e. The summed E-state index contributed by atoms with van der Waals surface area (Å²) in [6, 6.07) is 17.7. The van der Waals surface area contributed by atoms with Crippen molar-refractivity contribution < 1.29 is 9.59 Å². The van der Waals surface area contributed by atoms with Gasteiger partial charge in [0.25, 0.3) is 0 Å². The van der Waals surface area contributed by atoms with Crippen LogP contribution in [0.5, 0.6) is 0 Å². The van der Waals surface area contributed by atoms with Crippen molar-refractivity contribution >= 4 is 52.1 Å². The molecule has 32 heavy (non-hydrogen) atoms. The maximum atomic E-state index is 12.9. The van der Waals surface area contributed by atoms with Gasteiger partial charge in [-0.3, -0.25) is 9.59 Å². The molecule has 0 saturated heterocycles. The third-order valence-electron chi connectivity index (χ3n) is 4.64. The monoisotopic (exact) mass is 482 g/mol. The second kappa shape index (κ2) is 10.1. The van der Waals surface area contributed by atoms with Crippen LogP contribution in [0.1, 0.15) is 22.8 Å². The lowest BCUT2D eigenvalue weighted by molar-refractivity contribution is -0.113. The van der Waals surface area contributed by atoms with Crippen LogP contribution in [0.2, 0.25) is 5.02 Å². The second-order valence-electron chi connectivity index (χ2n) is 6.75. The molecule has 2 aromatic carbocycles. The van der Waals surface area contributed by atoms with Gasteiger partial charge in [-0.15, -0.1) is 21.5 Å². The number of nitrogens with zero attached hydrogens (tertiary/aromatic N) is 3. The molecular weight excluding hydrogens is 464 g/mol. The summed E-state index contributed by atoms with van der Waals surface area (Å²) in [6.45, 7) is 2.71. The van der Waals surface area contributed by atoms with Crippen LogP contribution in [0, 0.1) is 0 Å². The van der Waals surface area contributed by atoms with E-state index in [9.17, 15) is 9.59 Å². The van der Waals surface area contributed by atoms with Crippen molar-refractivity contribution in [3.63, 3.8) is 0 Å². The molecule has 0 aliphatic rings. The molecule has 0 atom stereocenters. The lowest BCUT2D eigenvalue weighted by Gasteiger charge is -2.11. The van der Waals surface area contributed by atoms with Gasteiger partial charge in [-0.1, -0.05) is 59.8 Å². The highest BCUT2D eigenvalue weighted by molar-refractivity contribution is 7.99. The molecule has 0 unspecified atom stereocenters. The number of thiophene rings is 1. The molecule has 1 N–H and O–H groups in total. The number of benzene rings is 2. The fourth-order valence-corrected chi connectivity index (χ4v) is 4.84. The Morgan fingerprint density at radius 3 is 2.62 bits per heavy atom. The van der Waals surface area contributed by atoms with E-state index in [4.69, 9.17) is 11.6 Å². The Hall–Kier alpha value is -2.94. The molecule has 0 saturated carbocycles. The van der Waals surface area contributed by atoms with Crippen molar-refractivity contribution in [2.45, 2.75) is 18.6 Å². The van der Waals surface area contributed by atoms with E-state index in [1.54, 1.807) is 53.8 Å². The first-order chi connectivity index (χ1) is 15.6. The van der Waals surface area contributed by atoms with Crippen LogP contribution < -0.4 is 5.32 Å². The highest BCUT2D eigenvalue weighted by atomic mass is 35.5. The average molecular weight is 483 g/mol. The fraction of sp³-hybridized carbons (Fsp3) is 0.130. The molecule has 162 valence electrons. The summed E-state index contributed by atoms with van der Waals surface area (Å²) in [5, 5.41) is 14.5. The zero-order valence-electron chi connectivity index (χ0n) is 17.1. The van der Waals surface area contributed by atoms with Gasteiger partial charge in [0, 0.05) is 22.7 Å². The number of thioether (sulfide) groups is 1. The Kier molecular flexibility index (Phi) is 7.04. The molecule has 9 heteroatoms. The highest BCUT2D eigenvalue weighted by Gasteiger charge is 2.18. The second-order valence-corrected chi connectivity index (χ2v) is 9.08. The molecule has 0 radical (unpaired) electrons. The number of carbonyl (C=O) groups excluding carboxylic acids is 2. The third kappa shape index (κ3) is 4.93. The van der Waals surface area contributed by atoms with Crippen LogP contribution in [-0.2, 0) is 11.3 Å². The van der Waals surface area contributed by atoms with Crippen molar-refractivity contribution in [1.82, 2.24) is 14.8 Å². The SMILES string of the molecule is CCn1c(SCC(=O)Nc2ccc(Cl)cc2C(=O)c2ccccc2)nnc1-c1cccs1. The molecule has 2 aromatic heterocycles. The zero-order valence-corrected chi connectivity index (χ0v) is 19.5. The molecule has 0 aliphatic carbocycles. The number of ketones is 1. The van der Waals surface area contributed by atoms with Crippen LogP contribution in [-0.4, -0.2) is 32.2 Å². The number of hydrogen-bond acceptors (Lipinski definition) is 6. The quantitative estimate of drug-likeness (QED) is 0.259. The minimum atomic E-state index is -0.247. The Morgan fingerprint density at radius 1 is 1.09 bits per heavy atom. The molecule has 2 heterocycles. The maximum absolute atomic E-state index is 12.9. The minimum Gasteiger partial charge on any atom is -0.325 e. The van der Waals surface area contributed by atoms with E-state index in [-0.39, 0.29) is 17.4 Å². The average Bonchev–Trinajstić information content (AvgIpc) is 3.48. The van der Waals surface area contributed by atoms with Crippen LogP contribution in [0.3, 0.4) is 0 Å². The number of rotatable bonds is 8. The first kappa shape index (κ1) is 22.3. The van der Waals surface area contributed by atoms with Gasteiger partial charge in [0.2, 0.25) is 5.91 Å². The van der Waals surface area contributed by atoms with Crippen LogP contribution in [0.25, 0.3) is 10.7 Å². The van der Waals surface area contributed by atoms with E-state index in [1.165, 1.54) is 11.8 Å². The van der Waals surface area contributed by atoms with E-state index in [1.807, 2.05) is 35.1 Å². The van der Waals surface area contributed by atoms with Crippen molar-refractivity contribution in [2.24, 2.45) is 0 Å². The summed E-state index contributed by atoms with van der Waals surface area (Å²) < 4.78 is 1.98. The number of hydrogen-bond donors (Lipinski definition) is 1. The van der Waals surface area contributed by atoms with Gasteiger partial charge in [0.1, 0.15) is 0 Å². The standard InChI is InChI=1S/C23H19ClN4O2S2/c1-2-28-22(19-9-6-12-31-19)26-27-23(28)32-14-20(29)25-18-11-10-16(24)13-17(18)21(30)15-7-4-3-5-8-15/h3-13H,2,14H2,1H3,(H,25,29). The molecule has 0 aliphatic heterocycles. The number of anilines is 1. The molecule has 4 aromatic rings. The Morgan fingerprint density at radius 2 is 1.91 bits per heavy atom. The molecule has 1 amide bonds. The predicted molar refractivity (Wildman–Crippen MR) is 130 cm³/mol. The number of aromatic nitrogens is 3. The van der Waals surface area contributed by atoms with Crippen molar-refractivity contribution in [1.29, 1.82) is 0 Å². The number of halogens is 1. The van der Waals surface area contributed by atoms with Gasteiger partial charge in [0.15, 0.2) is 16.8 Å². The van der Waals surface area contributed by atoms with E-state index < -0.39 is 0 Å². The number of carbonyl (C=O) groups is 2. The Balaban J connectivity index is 1.48. The largest absolute Gasteiger partial charge is 0.325 e. The predicted octanol–water partition coefficient (Wildman–Crippen LogP) is 5.64. The topological polar surface area (TPSA) is 76.9 Å². The van der Waals surface area contributed by atoms with Crippen LogP contribution in [0.4, 0.5) is 5.69 Å². The van der Waals surface area contributed by atoms with Gasteiger partial charge in [-0.05, 0) is 36.6 Å². The number of amides is 1. The number of nitrogens with one attached hydrogen (secondary N) is 1. The molecular formula is C23H19ClN4O2S2. The van der Waals surface area contributed by atoms with E-state index in [2.05, 4.69) is 15.5 Å². The van der Waals surface area contributed by atoms with Crippen molar-refractivity contribution in [3.05, 3.63) is 82.2 Å². The summed E-state index contributed by atoms with van der Waals surface area (Å²) in [5.74, 6) is 0.466. The molecule has 4 rings (SSSR count). The first-order valence-corrected chi connectivity index (χ1v) is 12.1. The van der Waals surface area contributed by atoms with E-state index >= 15 is 0 Å². The summed E-state index contributed by atoms with van der Waals surface area (Å²) in [6.07, 6.45) is 0. The smallest absolute Gasteiger partial charge is 0.234 e. The van der Waals surface area contributed by atoms with Crippen molar-refractivity contribution in [2.75, 3.05) is 11.1 Å². The summed E-state index contributed by atoms with van der Waals surface area (Å²) in [7, 11) is 0. The molecule has 0 spiro atoms. The molecule has 0 bridgehead atoms. The Labute approximate surface area is 198 Å². The summed E-state index contributed by atoms with van der Waals surface area (Å²) in [5.41, 5.74) is 1.29. The normalized spacial score (nSPS) is 10.8. The minimum absolute atomic E-state index is 0.129. The van der Waals surface area contributed by atoms with Crippen molar-refractivity contribution in [3.8, 4) is 10.7 Å². The highest BCUT2D eigenvalue weighted by Crippen LogP contribution is 2.28. The van der Waals surface area contributed by atoms with Gasteiger partial charge in [-0.2, -0.15) is 0 Å². The summed E-state index contributed by atoms with van der Waals surface area (Å²) >= 11 is 9.01. The van der Waals surface area contributed by atoms with Gasteiger partial charge in [0.05, 0.1) is 16.3 Å². The first-order valence-electron chi connectivity index (χ1n) is 9.86. The van der Waals surface area contributed by atoms with Gasteiger partial charge < -0.3 is 9.88 Å². The van der Waals surface area contributed by atoms with Gasteiger partial charge in [-0.25, -0.2) is 0 Å². The summed E-state index contributed by atoms with van der Waals surface area (Å²) in [4.78, 5) is 26.7. The lowest BCUT2D eigenvalue weighted by Crippen LogP contribution is -2.17. The van der Waals surface area contributed by atoms with Crippen LogP contribution >= 0.6 is 34.7 Å². The fourth-order valence-electron chi connectivity index (χ4n) is 3.14. The van der Waals surface area contributed by atoms with Gasteiger partial charge >= 0.3 is 0 Å².